The molecule has 1 aromatic carbocycles. The zero-order valence-electron chi connectivity index (χ0n) is 19.8. The Morgan fingerprint density at radius 1 is 1.22 bits per heavy atom. The van der Waals surface area contributed by atoms with Gasteiger partial charge in [0.2, 0.25) is 0 Å². The topological polar surface area (TPSA) is 89.7 Å². The average molecular weight is 546 g/mol. The van der Waals surface area contributed by atoms with Gasteiger partial charge in [-0.15, -0.1) is 0 Å². The van der Waals surface area contributed by atoms with Gasteiger partial charge in [-0.3, -0.25) is 4.40 Å². The molecule has 5 heterocycles. The van der Waals surface area contributed by atoms with Gasteiger partial charge in [-0.1, -0.05) is 29.3 Å². The fourth-order valence-electron chi connectivity index (χ4n) is 4.63. The summed E-state index contributed by atoms with van der Waals surface area (Å²) in [6, 6.07) is 3.46. The van der Waals surface area contributed by atoms with Crippen LogP contribution in [-0.2, 0) is 6.54 Å². The van der Waals surface area contributed by atoms with Crippen LogP contribution in [0, 0.1) is 0 Å². The van der Waals surface area contributed by atoms with E-state index in [-0.39, 0.29) is 12.5 Å². The number of fused-ring (bicyclic) bond motifs is 2. The van der Waals surface area contributed by atoms with Crippen molar-refractivity contribution in [2.45, 2.75) is 25.4 Å². The van der Waals surface area contributed by atoms with Crippen molar-refractivity contribution in [2.24, 2.45) is 5.10 Å². The molecule has 0 radical (unpaired) electrons. The van der Waals surface area contributed by atoms with Crippen LogP contribution < -0.4 is 5.32 Å². The summed E-state index contributed by atoms with van der Waals surface area (Å²) in [4.78, 5) is 19.6. The summed E-state index contributed by atoms with van der Waals surface area (Å²) >= 11 is 12.3. The summed E-state index contributed by atoms with van der Waals surface area (Å²) in [6.07, 6.45) is 8.20. The molecule has 2 N–H and O–H groups in total. The van der Waals surface area contributed by atoms with Crippen LogP contribution in [0.1, 0.15) is 29.6 Å². The average Bonchev–Trinajstić information content (AvgIpc) is 3.61. The number of nitrogens with zero attached hydrogens (tertiary/aromatic N) is 7. The minimum Gasteiger partial charge on any atom is -0.360 e. The lowest BCUT2D eigenvalue weighted by Gasteiger charge is -2.22. The maximum Gasteiger partial charge on any atom is 0.329 e. The highest BCUT2D eigenvalue weighted by Gasteiger charge is 2.28. The van der Waals surface area contributed by atoms with Gasteiger partial charge in [0.15, 0.2) is 11.5 Å². The molecule has 2 aliphatic heterocycles. The lowest BCUT2D eigenvalue weighted by Crippen LogP contribution is -2.24. The quantitative estimate of drug-likeness (QED) is 0.336. The number of rotatable bonds is 6. The van der Waals surface area contributed by atoms with Crippen molar-refractivity contribution in [3.63, 3.8) is 0 Å². The number of aromatic nitrogens is 5. The first-order valence-corrected chi connectivity index (χ1v) is 12.5. The molecule has 0 spiro atoms. The van der Waals surface area contributed by atoms with Crippen LogP contribution in [0.25, 0.3) is 22.3 Å². The molecule has 9 nitrogen and oxygen atoms in total. The minimum absolute atomic E-state index is 0.0868. The number of anilines is 1. The number of nitrogens with one attached hydrogen (secondary N) is 2. The first kappa shape index (κ1) is 24.1. The summed E-state index contributed by atoms with van der Waals surface area (Å²) in [5.41, 5.74) is 4.80. The van der Waals surface area contributed by atoms with Gasteiger partial charge < -0.3 is 15.2 Å². The number of hydrogen-bond acceptors (Lipinski definition) is 7. The van der Waals surface area contributed by atoms with E-state index < -0.39 is 6.55 Å². The first-order chi connectivity index (χ1) is 17.9. The van der Waals surface area contributed by atoms with E-state index in [4.69, 9.17) is 28.2 Å². The Morgan fingerprint density at radius 2 is 2.05 bits per heavy atom. The third kappa shape index (κ3) is 4.62. The third-order valence-electron chi connectivity index (χ3n) is 6.64. The van der Waals surface area contributed by atoms with E-state index in [9.17, 15) is 8.78 Å². The number of imidazole rings is 2. The Hall–Kier alpha value is -3.28. The van der Waals surface area contributed by atoms with Crippen LogP contribution in [0.5, 0.6) is 0 Å². The summed E-state index contributed by atoms with van der Waals surface area (Å²) in [5, 5.41) is 8.90. The number of H-pyrrole nitrogens is 1. The van der Waals surface area contributed by atoms with E-state index in [2.05, 4.69) is 43.4 Å². The smallest absolute Gasteiger partial charge is 0.329 e. The van der Waals surface area contributed by atoms with Gasteiger partial charge in [-0.05, 0) is 31.2 Å². The molecule has 0 aliphatic carbocycles. The molecule has 37 heavy (non-hydrogen) atoms. The van der Waals surface area contributed by atoms with Crippen LogP contribution in [0.2, 0.25) is 10.0 Å². The predicted molar refractivity (Wildman–Crippen MR) is 140 cm³/mol. The zero-order chi connectivity index (χ0) is 25.7. The standard InChI is InChI=1S/C24H23Cl2F2N9/c1-35-4-2-13(3-5-35)19-12-36-20(14-8-31-37(11-14)24(27)28)9-30-23(36)22(34-19)29-10-21-32-17-6-15(25)16(26)7-18(17)33-21/h2,6-9,12,14,24H,3-5,10-11H2,1H3,(H,29,34)(H,32,33). The molecule has 1 unspecified atom stereocenters. The van der Waals surface area contributed by atoms with Crippen molar-refractivity contribution in [2.75, 3.05) is 32.0 Å². The van der Waals surface area contributed by atoms with Gasteiger partial charge >= 0.3 is 6.55 Å². The summed E-state index contributed by atoms with van der Waals surface area (Å²) in [6.45, 7) is -0.452. The van der Waals surface area contributed by atoms with E-state index in [1.165, 1.54) is 0 Å². The molecule has 2 aliphatic rings. The number of hydrazone groups is 1. The minimum atomic E-state index is -2.65. The molecule has 0 saturated heterocycles. The highest BCUT2D eigenvalue weighted by Crippen LogP contribution is 2.30. The lowest BCUT2D eigenvalue weighted by atomic mass is 10.1. The SMILES string of the molecule is CN1CC=C(c2cn3c(C4C=NN(C(F)F)C4)cnc3c(NCc3nc4cc(Cl)c(Cl)cc4[nH]3)n2)CC1. The summed E-state index contributed by atoms with van der Waals surface area (Å²) in [7, 11) is 2.08. The predicted octanol–water partition coefficient (Wildman–Crippen LogP) is 4.85. The Labute approximate surface area is 220 Å². The van der Waals surface area contributed by atoms with Crippen molar-refractivity contribution in [1.82, 2.24) is 34.2 Å². The Bertz CT molecular complexity index is 1510. The molecule has 0 bridgehead atoms. The number of aromatic amines is 1. The van der Waals surface area contributed by atoms with Gasteiger partial charge in [0.25, 0.3) is 0 Å². The normalized spacial score (nSPS) is 18.5. The molecule has 1 atom stereocenters. The van der Waals surface area contributed by atoms with E-state index in [0.717, 1.165) is 47.0 Å². The molecule has 6 rings (SSSR count). The molecule has 13 heteroatoms. The second kappa shape index (κ2) is 9.55. The monoisotopic (exact) mass is 545 g/mol. The van der Waals surface area contributed by atoms with Crippen molar-refractivity contribution in [1.29, 1.82) is 0 Å². The molecular formula is C24H23Cl2F2N9. The van der Waals surface area contributed by atoms with E-state index in [1.807, 2.05) is 10.6 Å². The molecule has 0 amide bonds. The number of hydrogen-bond donors (Lipinski definition) is 2. The molecule has 0 fully saturated rings. The Morgan fingerprint density at radius 3 is 2.81 bits per heavy atom. The van der Waals surface area contributed by atoms with Crippen LogP contribution in [-0.4, -0.2) is 73.7 Å². The highest BCUT2D eigenvalue weighted by atomic mass is 35.5. The zero-order valence-corrected chi connectivity index (χ0v) is 21.3. The molecular weight excluding hydrogens is 523 g/mol. The van der Waals surface area contributed by atoms with Crippen molar-refractivity contribution >= 4 is 57.5 Å². The third-order valence-corrected chi connectivity index (χ3v) is 7.36. The maximum atomic E-state index is 13.2. The number of likely N-dealkylation sites (N-methyl/N-ethyl adjacent to an activating group) is 1. The summed E-state index contributed by atoms with van der Waals surface area (Å²) in [5.74, 6) is 0.934. The molecule has 0 saturated carbocycles. The van der Waals surface area contributed by atoms with Gasteiger partial charge in [0, 0.05) is 25.5 Å². The first-order valence-electron chi connectivity index (χ1n) is 11.8. The maximum absolute atomic E-state index is 13.2. The van der Waals surface area contributed by atoms with Crippen LogP contribution >= 0.6 is 23.2 Å². The number of benzene rings is 1. The second-order valence-electron chi connectivity index (χ2n) is 9.18. The highest BCUT2D eigenvalue weighted by molar-refractivity contribution is 6.42. The molecule has 192 valence electrons. The Kier molecular flexibility index (Phi) is 6.21. The van der Waals surface area contributed by atoms with Crippen LogP contribution in [0.4, 0.5) is 14.6 Å². The van der Waals surface area contributed by atoms with Gasteiger partial charge in [0.1, 0.15) is 5.82 Å². The Balaban J connectivity index is 1.36. The molecule has 3 aromatic heterocycles. The van der Waals surface area contributed by atoms with E-state index >= 15 is 0 Å². The largest absolute Gasteiger partial charge is 0.360 e. The van der Waals surface area contributed by atoms with E-state index in [1.54, 1.807) is 24.5 Å². The van der Waals surface area contributed by atoms with Crippen LogP contribution in [0.15, 0.2) is 35.7 Å². The second-order valence-corrected chi connectivity index (χ2v) is 10.00. The molecule has 4 aromatic rings. The lowest BCUT2D eigenvalue weighted by molar-refractivity contribution is -0.0196. The van der Waals surface area contributed by atoms with E-state index in [0.29, 0.717) is 39.4 Å². The van der Waals surface area contributed by atoms with Crippen molar-refractivity contribution in [3.8, 4) is 0 Å². The van der Waals surface area contributed by atoms with Crippen LogP contribution in [0.3, 0.4) is 0 Å². The van der Waals surface area contributed by atoms with Gasteiger partial charge in [0.05, 0.1) is 57.7 Å². The van der Waals surface area contributed by atoms with Crippen molar-refractivity contribution in [3.05, 3.63) is 57.9 Å². The van der Waals surface area contributed by atoms with Gasteiger partial charge in [-0.25, -0.2) is 20.0 Å². The fraction of sp³-hybridized carbons (Fsp3) is 0.333. The summed E-state index contributed by atoms with van der Waals surface area (Å²) < 4.78 is 28.3. The number of halogens is 4. The van der Waals surface area contributed by atoms with Crippen molar-refractivity contribution < 1.29 is 8.78 Å². The van der Waals surface area contributed by atoms with Gasteiger partial charge in [-0.2, -0.15) is 13.9 Å². The fourth-order valence-corrected chi connectivity index (χ4v) is 4.95. The number of alkyl halides is 2.